The predicted octanol–water partition coefficient (Wildman–Crippen LogP) is 2.32. The summed E-state index contributed by atoms with van der Waals surface area (Å²) < 4.78 is 0. The van der Waals surface area contributed by atoms with Crippen LogP contribution in [0.25, 0.3) is 0 Å². The number of aryl methyl sites for hydroxylation is 1. The van der Waals surface area contributed by atoms with E-state index in [1.54, 1.807) is 0 Å². The maximum absolute atomic E-state index is 4.41. The summed E-state index contributed by atoms with van der Waals surface area (Å²) >= 11 is 0. The molecule has 0 aromatic carbocycles. The van der Waals surface area contributed by atoms with Gasteiger partial charge in [0, 0.05) is 24.4 Å². The zero-order valence-corrected chi connectivity index (χ0v) is 9.38. The van der Waals surface area contributed by atoms with Gasteiger partial charge < -0.3 is 5.32 Å². The van der Waals surface area contributed by atoms with Gasteiger partial charge >= 0.3 is 0 Å². The number of rotatable bonds is 5. The molecule has 14 heavy (non-hydrogen) atoms. The van der Waals surface area contributed by atoms with Crippen molar-refractivity contribution in [2.45, 2.75) is 39.7 Å². The van der Waals surface area contributed by atoms with Crippen LogP contribution in [0.2, 0.25) is 0 Å². The molecule has 0 aliphatic rings. The number of hydrogen-bond donors (Lipinski definition) is 1. The first kappa shape index (κ1) is 11.2. The standard InChI is InChI=1S/C12H20N2/c1-4-11(13-5-2)8-12-7-6-10(3)9-14-12/h6-7,9,11,13H,4-5,8H2,1-3H3. The van der Waals surface area contributed by atoms with E-state index in [4.69, 9.17) is 0 Å². The molecule has 2 nitrogen and oxygen atoms in total. The minimum Gasteiger partial charge on any atom is -0.314 e. The highest BCUT2D eigenvalue weighted by Gasteiger charge is 2.05. The molecule has 1 rings (SSSR count). The number of likely N-dealkylation sites (N-methyl/N-ethyl adjacent to an activating group) is 1. The first-order chi connectivity index (χ1) is 6.76. The summed E-state index contributed by atoms with van der Waals surface area (Å²) in [7, 11) is 0. The average Bonchev–Trinajstić information content (AvgIpc) is 2.20. The highest BCUT2D eigenvalue weighted by atomic mass is 14.9. The predicted molar refractivity (Wildman–Crippen MR) is 60.4 cm³/mol. The van der Waals surface area contributed by atoms with Crippen molar-refractivity contribution in [3.63, 3.8) is 0 Å². The smallest absolute Gasteiger partial charge is 0.0419 e. The molecule has 0 fully saturated rings. The highest BCUT2D eigenvalue weighted by Crippen LogP contribution is 2.04. The lowest BCUT2D eigenvalue weighted by molar-refractivity contribution is 0.505. The summed E-state index contributed by atoms with van der Waals surface area (Å²) in [6, 6.07) is 4.81. The topological polar surface area (TPSA) is 24.9 Å². The van der Waals surface area contributed by atoms with Crippen molar-refractivity contribution in [1.29, 1.82) is 0 Å². The van der Waals surface area contributed by atoms with Gasteiger partial charge in [-0.25, -0.2) is 0 Å². The molecular weight excluding hydrogens is 172 g/mol. The van der Waals surface area contributed by atoms with Gasteiger partial charge in [0.05, 0.1) is 0 Å². The second kappa shape index (κ2) is 5.76. The first-order valence-corrected chi connectivity index (χ1v) is 5.41. The molecule has 0 saturated heterocycles. The number of hydrogen-bond acceptors (Lipinski definition) is 2. The third-order valence-electron chi connectivity index (χ3n) is 2.41. The Morgan fingerprint density at radius 3 is 2.64 bits per heavy atom. The van der Waals surface area contributed by atoms with Gasteiger partial charge in [-0.05, 0) is 31.5 Å². The zero-order valence-electron chi connectivity index (χ0n) is 9.38. The van der Waals surface area contributed by atoms with Gasteiger partial charge in [0.25, 0.3) is 0 Å². The van der Waals surface area contributed by atoms with E-state index in [1.807, 2.05) is 6.20 Å². The molecule has 1 unspecified atom stereocenters. The van der Waals surface area contributed by atoms with Gasteiger partial charge in [-0.2, -0.15) is 0 Å². The molecular formula is C12H20N2. The number of aromatic nitrogens is 1. The summed E-state index contributed by atoms with van der Waals surface area (Å²) in [6.45, 7) is 7.45. The first-order valence-electron chi connectivity index (χ1n) is 5.41. The Morgan fingerprint density at radius 1 is 1.36 bits per heavy atom. The molecule has 2 heteroatoms. The lowest BCUT2D eigenvalue weighted by atomic mass is 10.1. The van der Waals surface area contributed by atoms with Gasteiger partial charge in [0.15, 0.2) is 0 Å². The Labute approximate surface area is 86.8 Å². The van der Waals surface area contributed by atoms with E-state index >= 15 is 0 Å². The van der Waals surface area contributed by atoms with Gasteiger partial charge in [-0.3, -0.25) is 4.98 Å². The van der Waals surface area contributed by atoms with Crippen LogP contribution in [0.4, 0.5) is 0 Å². The number of pyridine rings is 1. The molecule has 1 N–H and O–H groups in total. The Hall–Kier alpha value is -0.890. The SMILES string of the molecule is CCNC(CC)Cc1ccc(C)cn1. The summed E-state index contributed by atoms with van der Waals surface area (Å²) in [5.74, 6) is 0. The fraction of sp³-hybridized carbons (Fsp3) is 0.583. The maximum Gasteiger partial charge on any atom is 0.0419 e. The molecule has 0 amide bonds. The van der Waals surface area contributed by atoms with Crippen LogP contribution < -0.4 is 5.32 Å². The molecule has 1 aromatic rings. The van der Waals surface area contributed by atoms with Crippen LogP contribution >= 0.6 is 0 Å². The van der Waals surface area contributed by atoms with Gasteiger partial charge in [-0.1, -0.05) is 19.9 Å². The van der Waals surface area contributed by atoms with Crippen molar-refractivity contribution in [2.24, 2.45) is 0 Å². The van der Waals surface area contributed by atoms with Crippen LogP contribution in [0.15, 0.2) is 18.3 Å². The molecule has 0 radical (unpaired) electrons. The van der Waals surface area contributed by atoms with Crippen molar-refractivity contribution < 1.29 is 0 Å². The van der Waals surface area contributed by atoms with Crippen LogP contribution in [0.5, 0.6) is 0 Å². The third kappa shape index (κ3) is 3.46. The summed E-state index contributed by atoms with van der Waals surface area (Å²) in [4.78, 5) is 4.41. The number of nitrogens with one attached hydrogen (secondary N) is 1. The van der Waals surface area contributed by atoms with E-state index in [1.165, 1.54) is 11.3 Å². The van der Waals surface area contributed by atoms with E-state index < -0.39 is 0 Å². The fourth-order valence-corrected chi connectivity index (χ4v) is 1.52. The van der Waals surface area contributed by atoms with Crippen LogP contribution in [-0.4, -0.2) is 17.6 Å². The lowest BCUT2D eigenvalue weighted by Gasteiger charge is -2.14. The van der Waals surface area contributed by atoms with E-state index in [2.05, 4.69) is 43.2 Å². The molecule has 0 spiro atoms. The Morgan fingerprint density at radius 2 is 2.14 bits per heavy atom. The molecule has 0 bridgehead atoms. The van der Waals surface area contributed by atoms with Gasteiger partial charge in [-0.15, -0.1) is 0 Å². The maximum atomic E-state index is 4.41. The largest absolute Gasteiger partial charge is 0.314 e. The van der Waals surface area contributed by atoms with Crippen molar-refractivity contribution in [2.75, 3.05) is 6.54 Å². The molecule has 1 atom stereocenters. The van der Waals surface area contributed by atoms with Crippen molar-refractivity contribution in [1.82, 2.24) is 10.3 Å². The molecule has 1 heterocycles. The summed E-state index contributed by atoms with van der Waals surface area (Å²) in [6.07, 6.45) is 4.13. The van der Waals surface area contributed by atoms with Gasteiger partial charge in [0.2, 0.25) is 0 Å². The van der Waals surface area contributed by atoms with Crippen LogP contribution in [0, 0.1) is 6.92 Å². The van der Waals surface area contributed by atoms with Gasteiger partial charge in [0.1, 0.15) is 0 Å². The van der Waals surface area contributed by atoms with E-state index in [-0.39, 0.29) is 0 Å². The quantitative estimate of drug-likeness (QED) is 0.774. The number of nitrogens with zero attached hydrogens (tertiary/aromatic N) is 1. The summed E-state index contributed by atoms with van der Waals surface area (Å²) in [5, 5.41) is 3.46. The highest BCUT2D eigenvalue weighted by molar-refractivity contribution is 5.13. The Kier molecular flexibility index (Phi) is 4.60. The van der Waals surface area contributed by atoms with Crippen LogP contribution in [0.3, 0.4) is 0 Å². The van der Waals surface area contributed by atoms with Crippen molar-refractivity contribution >= 4 is 0 Å². The Balaban J connectivity index is 2.53. The minimum atomic E-state index is 0.565. The molecule has 1 aromatic heterocycles. The average molecular weight is 192 g/mol. The minimum absolute atomic E-state index is 0.565. The second-order valence-corrected chi connectivity index (χ2v) is 3.69. The third-order valence-corrected chi connectivity index (χ3v) is 2.41. The second-order valence-electron chi connectivity index (χ2n) is 3.69. The van der Waals surface area contributed by atoms with Crippen molar-refractivity contribution in [3.8, 4) is 0 Å². The van der Waals surface area contributed by atoms with Crippen LogP contribution in [-0.2, 0) is 6.42 Å². The fourth-order valence-electron chi connectivity index (χ4n) is 1.52. The molecule has 0 aliphatic carbocycles. The zero-order chi connectivity index (χ0) is 10.4. The Bertz CT molecular complexity index is 254. The monoisotopic (exact) mass is 192 g/mol. The molecule has 0 saturated carbocycles. The van der Waals surface area contributed by atoms with Crippen molar-refractivity contribution in [3.05, 3.63) is 29.6 Å². The summed E-state index contributed by atoms with van der Waals surface area (Å²) in [5.41, 5.74) is 2.41. The van der Waals surface area contributed by atoms with E-state index in [0.717, 1.165) is 19.4 Å². The van der Waals surface area contributed by atoms with E-state index in [0.29, 0.717) is 6.04 Å². The molecule has 78 valence electrons. The lowest BCUT2D eigenvalue weighted by Crippen LogP contribution is -2.30. The van der Waals surface area contributed by atoms with E-state index in [9.17, 15) is 0 Å². The van der Waals surface area contributed by atoms with Crippen LogP contribution in [0.1, 0.15) is 31.5 Å². The molecule has 0 aliphatic heterocycles. The normalized spacial score (nSPS) is 12.8.